The monoisotopic (exact) mass is 562 g/mol. The molecule has 2 heterocycles. The van der Waals surface area contributed by atoms with Gasteiger partial charge < -0.3 is 9.84 Å². The van der Waals surface area contributed by atoms with Crippen LogP contribution in [0.3, 0.4) is 0 Å². The summed E-state index contributed by atoms with van der Waals surface area (Å²) in [4.78, 5) is 58.8. The Bertz CT molecular complexity index is 1670. The van der Waals surface area contributed by atoms with Gasteiger partial charge in [0.2, 0.25) is 23.6 Å². The molecule has 0 unspecified atom stereocenters. The van der Waals surface area contributed by atoms with Crippen LogP contribution < -0.4 is 14.5 Å². The van der Waals surface area contributed by atoms with Crippen LogP contribution in [0.15, 0.2) is 90.5 Å². The number of allylic oxidation sites excluding steroid dienone is 2. The number of carbonyl (C=O) groups excluding carboxylic acids is 4. The number of nitrogens with zero attached hydrogens (tertiary/aromatic N) is 2. The molecule has 3 fully saturated rings. The maximum Gasteiger partial charge on any atom is 0.241 e. The Hall–Kier alpha value is -4.72. The molecule has 42 heavy (non-hydrogen) atoms. The first-order valence-electron chi connectivity index (χ1n) is 14.2. The number of hydrogen-bond acceptors (Lipinski definition) is 6. The first-order chi connectivity index (χ1) is 20.3. The molecule has 3 aromatic rings. The first-order valence-corrected chi connectivity index (χ1v) is 14.2. The Morgan fingerprint density at radius 2 is 1.45 bits per heavy atom. The van der Waals surface area contributed by atoms with E-state index in [-0.39, 0.29) is 35.8 Å². The van der Waals surface area contributed by atoms with Crippen LogP contribution in [0.2, 0.25) is 0 Å². The predicted octanol–water partition coefficient (Wildman–Crippen LogP) is 4.84. The smallest absolute Gasteiger partial charge is 0.241 e. The number of anilines is 2. The zero-order valence-corrected chi connectivity index (χ0v) is 23.3. The Morgan fingerprint density at radius 3 is 2.07 bits per heavy atom. The molecule has 1 saturated carbocycles. The molecule has 7 rings (SSSR count). The van der Waals surface area contributed by atoms with Gasteiger partial charge in [-0.3, -0.25) is 24.1 Å². The molecule has 0 bridgehead atoms. The Kier molecular flexibility index (Phi) is 5.87. The third-order valence-electron chi connectivity index (χ3n) is 9.84. The van der Waals surface area contributed by atoms with Crippen LogP contribution in [0, 0.1) is 29.1 Å². The van der Waals surface area contributed by atoms with Gasteiger partial charge in [0.25, 0.3) is 0 Å². The summed E-state index contributed by atoms with van der Waals surface area (Å²) in [5.41, 5.74) is 1.38. The van der Waals surface area contributed by atoms with Gasteiger partial charge in [-0.25, -0.2) is 4.90 Å². The fraction of sp³-hybridized carbons (Fsp3) is 0.294. The standard InChI is InChI=1S/C34H30N2O6/c1-34-25(31(39)36(33(34)41)21-11-7-4-8-12-21)18-24-22(29(34)19-13-16-27(42-2)26(37)17-19)14-15-23-28(24)32(40)35(30(23)38)20-9-5-3-6-10-20/h3-14,16-17,23-25,28-29,37H,15,18H2,1-2H3/t23-,24+,25-,28-,29-,34+/m0/s1. The second-order valence-corrected chi connectivity index (χ2v) is 11.8. The molecule has 4 aliphatic rings. The van der Waals surface area contributed by atoms with Crippen LogP contribution in [0.4, 0.5) is 11.4 Å². The third-order valence-corrected chi connectivity index (χ3v) is 9.84. The van der Waals surface area contributed by atoms with Gasteiger partial charge in [0.1, 0.15) is 0 Å². The molecule has 212 valence electrons. The van der Waals surface area contributed by atoms with Crippen molar-refractivity contribution < 1.29 is 29.0 Å². The molecule has 0 radical (unpaired) electrons. The highest BCUT2D eigenvalue weighted by molar-refractivity contribution is 6.25. The number of carbonyl (C=O) groups is 4. The third kappa shape index (κ3) is 3.47. The van der Waals surface area contributed by atoms with E-state index in [0.717, 1.165) is 5.57 Å². The van der Waals surface area contributed by atoms with Crippen molar-refractivity contribution >= 4 is 35.0 Å². The van der Waals surface area contributed by atoms with Crippen LogP contribution in [0.5, 0.6) is 11.5 Å². The van der Waals surface area contributed by atoms with Crippen molar-refractivity contribution in [3.8, 4) is 11.5 Å². The molecular weight excluding hydrogens is 532 g/mol. The van der Waals surface area contributed by atoms with E-state index in [1.54, 1.807) is 60.7 Å². The van der Waals surface area contributed by atoms with Gasteiger partial charge in [0.05, 0.1) is 41.7 Å². The molecular formula is C34H30N2O6. The van der Waals surface area contributed by atoms with Crippen molar-refractivity contribution in [1.82, 2.24) is 0 Å². The minimum Gasteiger partial charge on any atom is -0.504 e. The molecule has 4 amide bonds. The summed E-state index contributed by atoms with van der Waals surface area (Å²) in [5.74, 6) is -3.86. The summed E-state index contributed by atoms with van der Waals surface area (Å²) in [5, 5.41) is 10.8. The molecule has 2 saturated heterocycles. The van der Waals surface area contributed by atoms with Crippen molar-refractivity contribution in [3.63, 3.8) is 0 Å². The summed E-state index contributed by atoms with van der Waals surface area (Å²) < 4.78 is 5.27. The SMILES string of the molecule is COc1ccc([C@H]2C3=CC[C@@H]4C(=O)N(c5ccccc5)C(=O)[C@@H]4[C@@H]3C[C@H]3C(=O)N(c4ccccc4)C(=O)[C@@]23C)cc1O. The van der Waals surface area contributed by atoms with Crippen molar-refractivity contribution in [2.45, 2.75) is 25.7 Å². The van der Waals surface area contributed by atoms with Gasteiger partial charge in [0, 0.05) is 5.92 Å². The number of amides is 4. The molecule has 6 atom stereocenters. The summed E-state index contributed by atoms with van der Waals surface area (Å²) in [6.07, 6.45) is 2.63. The summed E-state index contributed by atoms with van der Waals surface area (Å²) in [7, 11) is 1.46. The lowest BCUT2D eigenvalue weighted by Crippen LogP contribution is -2.48. The number of rotatable bonds is 4. The van der Waals surface area contributed by atoms with Gasteiger partial charge in [0.15, 0.2) is 11.5 Å². The fourth-order valence-corrected chi connectivity index (χ4v) is 7.94. The Morgan fingerprint density at radius 1 is 0.810 bits per heavy atom. The largest absolute Gasteiger partial charge is 0.504 e. The van der Waals surface area contributed by atoms with Gasteiger partial charge in [-0.05, 0) is 67.6 Å². The van der Waals surface area contributed by atoms with Gasteiger partial charge in [-0.2, -0.15) is 0 Å². The van der Waals surface area contributed by atoms with Crippen LogP contribution >= 0.6 is 0 Å². The molecule has 2 aliphatic carbocycles. The van der Waals surface area contributed by atoms with Crippen LogP contribution in [-0.4, -0.2) is 35.8 Å². The zero-order chi connectivity index (χ0) is 29.3. The van der Waals surface area contributed by atoms with E-state index < -0.39 is 35.0 Å². The number of phenolic OH excluding ortho intramolecular Hbond substituents is 1. The lowest BCUT2D eigenvalue weighted by Gasteiger charge is -2.49. The molecule has 1 N–H and O–H groups in total. The highest BCUT2D eigenvalue weighted by Crippen LogP contribution is 2.64. The maximum atomic E-state index is 14.4. The highest BCUT2D eigenvalue weighted by atomic mass is 16.5. The lowest BCUT2D eigenvalue weighted by atomic mass is 9.51. The lowest BCUT2D eigenvalue weighted by molar-refractivity contribution is -0.131. The van der Waals surface area contributed by atoms with E-state index in [9.17, 15) is 24.3 Å². The number of methoxy groups -OCH3 is 1. The Balaban J connectivity index is 1.38. The maximum absolute atomic E-state index is 14.4. The number of hydrogen-bond donors (Lipinski definition) is 1. The minimum absolute atomic E-state index is 0.0781. The molecule has 0 aromatic heterocycles. The van der Waals surface area contributed by atoms with Crippen LogP contribution in [-0.2, 0) is 19.2 Å². The average Bonchev–Trinajstić information content (AvgIpc) is 3.37. The van der Waals surface area contributed by atoms with Crippen molar-refractivity contribution in [1.29, 1.82) is 0 Å². The molecule has 3 aromatic carbocycles. The normalized spacial score (nSPS) is 30.1. The number of fused-ring (bicyclic) bond motifs is 4. The number of ether oxygens (including phenoxy) is 1. The Labute approximate surface area is 243 Å². The van der Waals surface area contributed by atoms with Crippen molar-refractivity contribution in [3.05, 3.63) is 96.1 Å². The number of phenols is 1. The molecule has 8 nitrogen and oxygen atoms in total. The zero-order valence-electron chi connectivity index (χ0n) is 23.3. The predicted molar refractivity (Wildman–Crippen MR) is 155 cm³/mol. The average molecular weight is 563 g/mol. The molecule has 2 aliphatic heterocycles. The second-order valence-electron chi connectivity index (χ2n) is 11.8. The topological polar surface area (TPSA) is 104 Å². The molecule has 8 heteroatoms. The number of para-hydroxylation sites is 2. The van der Waals surface area contributed by atoms with E-state index in [4.69, 9.17) is 4.74 Å². The summed E-state index contributed by atoms with van der Waals surface area (Å²) >= 11 is 0. The first kappa shape index (κ1) is 26.2. The number of aromatic hydroxyl groups is 1. The molecule has 0 spiro atoms. The quantitative estimate of drug-likeness (QED) is 0.361. The van der Waals surface area contributed by atoms with E-state index in [2.05, 4.69) is 0 Å². The highest BCUT2D eigenvalue weighted by Gasteiger charge is 2.67. The second kappa shape index (κ2) is 9.41. The van der Waals surface area contributed by atoms with Crippen molar-refractivity contribution in [2.24, 2.45) is 29.1 Å². The number of benzene rings is 3. The van der Waals surface area contributed by atoms with Gasteiger partial charge in [-0.1, -0.05) is 54.1 Å². The summed E-state index contributed by atoms with van der Waals surface area (Å²) in [6.45, 7) is 1.83. The van der Waals surface area contributed by atoms with Gasteiger partial charge in [-0.15, -0.1) is 0 Å². The number of imide groups is 2. The van der Waals surface area contributed by atoms with Crippen molar-refractivity contribution in [2.75, 3.05) is 16.9 Å². The minimum atomic E-state index is -1.17. The van der Waals surface area contributed by atoms with Crippen LogP contribution in [0.1, 0.15) is 31.2 Å². The fourth-order valence-electron chi connectivity index (χ4n) is 7.94. The van der Waals surface area contributed by atoms with Crippen LogP contribution in [0.25, 0.3) is 0 Å². The van der Waals surface area contributed by atoms with E-state index in [1.807, 2.05) is 31.2 Å². The van der Waals surface area contributed by atoms with E-state index in [1.165, 1.54) is 16.9 Å². The van der Waals surface area contributed by atoms with Gasteiger partial charge >= 0.3 is 0 Å². The van der Waals surface area contributed by atoms with E-state index >= 15 is 0 Å². The summed E-state index contributed by atoms with van der Waals surface area (Å²) in [6, 6.07) is 22.8. The van der Waals surface area contributed by atoms with E-state index in [0.29, 0.717) is 29.1 Å².